The van der Waals surface area contributed by atoms with Crippen molar-refractivity contribution >= 4 is 17.5 Å². The Bertz CT molecular complexity index is 620. The van der Waals surface area contributed by atoms with Crippen molar-refractivity contribution < 1.29 is 9.18 Å². The van der Waals surface area contributed by atoms with Gasteiger partial charge >= 0.3 is 0 Å². The first-order valence-corrected chi connectivity index (χ1v) is 6.56. The maximum absolute atomic E-state index is 12.9. The van der Waals surface area contributed by atoms with E-state index in [4.69, 9.17) is 11.6 Å². The first-order valence-electron chi connectivity index (χ1n) is 6.18. The molecule has 2 N–H and O–H groups in total. The lowest BCUT2D eigenvalue weighted by Crippen LogP contribution is -2.25. The number of carbonyl (C=O) groups excluding carboxylic acids is 1. The van der Waals surface area contributed by atoms with Crippen LogP contribution in [0.15, 0.2) is 18.2 Å². The van der Waals surface area contributed by atoms with Crippen molar-refractivity contribution in [3.63, 3.8) is 0 Å². The third kappa shape index (κ3) is 3.36. The molecule has 0 saturated heterocycles. The number of nitrogens with one attached hydrogen (secondary N) is 2. The lowest BCUT2D eigenvalue weighted by atomic mass is 10.1. The molecule has 0 aliphatic rings. The van der Waals surface area contributed by atoms with Gasteiger partial charge in [-0.2, -0.15) is 5.10 Å². The molecule has 1 amide bonds. The Hall–Kier alpha value is -1.88. The summed E-state index contributed by atoms with van der Waals surface area (Å²) in [4.78, 5) is 11.9. The fourth-order valence-corrected chi connectivity index (χ4v) is 2.15. The molecular weight excluding hydrogens is 281 g/mol. The second-order valence-corrected chi connectivity index (χ2v) is 5.01. The number of aromatic nitrogens is 2. The smallest absolute Gasteiger partial charge is 0.224 e. The third-order valence-corrected chi connectivity index (χ3v) is 3.46. The van der Waals surface area contributed by atoms with E-state index in [0.717, 1.165) is 17.0 Å². The highest BCUT2D eigenvalue weighted by Gasteiger charge is 2.11. The summed E-state index contributed by atoms with van der Waals surface area (Å²) in [7, 11) is 0. The molecule has 0 bridgehead atoms. The molecule has 2 aromatic rings. The van der Waals surface area contributed by atoms with Crippen molar-refractivity contribution in [1.82, 2.24) is 15.5 Å². The Morgan fingerprint density at radius 2 is 2.20 bits per heavy atom. The summed E-state index contributed by atoms with van der Waals surface area (Å²) in [6, 6.07) is 4.11. The van der Waals surface area contributed by atoms with Gasteiger partial charge in [-0.15, -0.1) is 0 Å². The SMILES string of the molecule is Cc1n[nH]c(C)c1CC(=O)NCc1ccc(F)cc1Cl. The van der Waals surface area contributed by atoms with Gasteiger partial charge in [-0.1, -0.05) is 17.7 Å². The number of hydrogen-bond acceptors (Lipinski definition) is 2. The normalized spacial score (nSPS) is 10.6. The first kappa shape index (κ1) is 14.5. The van der Waals surface area contributed by atoms with Crippen LogP contribution in [0.1, 0.15) is 22.5 Å². The Balaban J connectivity index is 1.96. The number of benzene rings is 1. The van der Waals surface area contributed by atoms with Crippen LogP contribution >= 0.6 is 11.6 Å². The molecule has 106 valence electrons. The number of aromatic amines is 1. The van der Waals surface area contributed by atoms with Crippen LogP contribution in [0, 0.1) is 19.7 Å². The van der Waals surface area contributed by atoms with Gasteiger partial charge in [0.25, 0.3) is 0 Å². The van der Waals surface area contributed by atoms with Crippen molar-refractivity contribution in [3.8, 4) is 0 Å². The molecule has 1 heterocycles. The van der Waals surface area contributed by atoms with E-state index in [1.54, 1.807) is 6.07 Å². The third-order valence-electron chi connectivity index (χ3n) is 3.11. The van der Waals surface area contributed by atoms with Gasteiger partial charge in [-0.05, 0) is 31.5 Å². The summed E-state index contributed by atoms with van der Waals surface area (Å²) < 4.78 is 12.9. The zero-order valence-electron chi connectivity index (χ0n) is 11.3. The van der Waals surface area contributed by atoms with Crippen LogP contribution in [0.2, 0.25) is 5.02 Å². The molecule has 0 spiro atoms. The lowest BCUT2D eigenvalue weighted by Gasteiger charge is -2.07. The van der Waals surface area contributed by atoms with Crippen molar-refractivity contribution in [2.45, 2.75) is 26.8 Å². The second-order valence-electron chi connectivity index (χ2n) is 4.60. The summed E-state index contributed by atoms with van der Waals surface area (Å²) in [5.41, 5.74) is 3.28. The number of rotatable bonds is 4. The Morgan fingerprint density at radius 1 is 1.45 bits per heavy atom. The molecule has 1 aromatic heterocycles. The van der Waals surface area contributed by atoms with Gasteiger partial charge < -0.3 is 5.32 Å². The Morgan fingerprint density at radius 3 is 2.80 bits per heavy atom. The van der Waals surface area contributed by atoms with Gasteiger partial charge in [-0.3, -0.25) is 9.89 Å². The molecule has 0 aliphatic heterocycles. The Kier molecular flexibility index (Phi) is 4.39. The summed E-state index contributed by atoms with van der Waals surface area (Å²) in [5.74, 6) is -0.521. The minimum absolute atomic E-state index is 0.127. The molecular formula is C14H15ClFN3O. The molecule has 0 atom stereocenters. The average molecular weight is 296 g/mol. The maximum Gasteiger partial charge on any atom is 0.224 e. The number of hydrogen-bond donors (Lipinski definition) is 2. The molecule has 0 unspecified atom stereocenters. The molecule has 0 aliphatic carbocycles. The molecule has 0 saturated carbocycles. The summed E-state index contributed by atoms with van der Waals surface area (Å²) in [5, 5.41) is 9.95. The molecule has 0 fully saturated rings. The molecule has 20 heavy (non-hydrogen) atoms. The van der Waals surface area contributed by atoms with Gasteiger partial charge in [0.05, 0.1) is 12.1 Å². The van der Waals surface area contributed by atoms with E-state index in [2.05, 4.69) is 15.5 Å². The second kappa shape index (κ2) is 6.05. The Labute approximate surface area is 121 Å². The predicted molar refractivity (Wildman–Crippen MR) is 75.0 cm³/mol. The van der Waals surface area contributed by atoms with Crippen LogP contribution < -0.4 is 5.32 Å². The van der Waals surface area contributed by atoms with E-state index >= 15 is 0 Å². The van der Waals surface area contributed by atoms with E-state index < -0.39 is 5.82 Å². The number of nitrogens with zero attached hydrogens (tertiary/aromatic N) is 1. The topological polar surface area (TPSA) is 57.8 Å². The standard InChI is InChI=1S/C14H15ClFN3O/c1-8-12(9(2)19-18-8)6-14(20)17-7-10-3-4-11(16)5-13(10)15/h3-5H,6-7H2,1-2H3,(H,17,20)(H,18,19). The van der Waals surface area contributed by atoms with Crippen LogP contribution in [0.3, 0.4) is 0 Å². The highest BCUT2D eigenvalue weighted by molar-refractivity contribution is 6.31. The quantitative estimate of drug-likeness (QED) is 0.911. The minimum Gasteiger partial charge on any atom is -0.352 e. The lowest BCUT2D eigenvalue weighted by molar-refractivity contribution is -0.120. The highest BCUT2D eigenvalue weighted by atomic mass is 35.5. The zero-order chi connectivity index (χ0) is 14.7. The van der Waals surface area contributed by atoms with Crippen molar-refractivity contribution in [3.05, 3.63) is 51.6 Å². The summed E-state index contributed by atoms with van der Waals surface area (Å²) in [6.07, 6.45) is 0.257. The predicted octanol–water partition coefficient (Wildman–Crippen LogP) is 2.68. The fourth-order valence-electron chi connectivity index (χ4n) is 1.92. The molecule has 6 heteroatoms. The number of H-pyrrole nitrogens is 1. The number of carbonyl (C=O) groups is 1. The molecule has 4 nitrogen and oxygen atoms in total. The zero-order valence-corrected chi connectivity index (χ0v) is 12.0. The summed E-state index contributed by atoms with van der Waals surface area (Å²) >= 11 is 5.90. The summed E-state index contributed by atoms with van der Waals surface area (Å²) in [6.45, 7) is 4.00. The average Bonchev–Trinajstić information content (AvgIpc) is 2.69. The maximum atomic E-state index is 12.9. The van der Waals surface area contributed by atoms with Crippen LogP contribution in [0.4, 0.5) is 4.39 Å². The number of amides is 1. The van der Waals surface area contributed by atoms with Crippen LogP contribution in [0.5, 0.6) is 0 Å². The van der Waals surface area contributed by atoms with Crippen molar-refractivity contribution in [2.24, 2.45) is 0 Å². The van der Waals surface area contributed by atoms with E-state index in [0.29, 0.717) is 10.6 Å². The monoisotopic (exact) mass is 295 g/mol. The van der Waals surface area contributed by atoms with Gasteiger partial charge in [-0.25, -0.2) is 4.39 Å². The van der Waals surface area contributed by atoms with E-state index in [-0.39, 0.29) is 18.9 Å². The van der Waals surface area contributed by atoms with Gasteiger partial charge in [0, 0.05) is 22.8 Å². The van der Waals surface area contributed by atoms with Crippen LogP contribution in [-0.4, -0.2) is 16.1 Å². The number of aryl methyl sites for hydroxylation is 2. The van der Waals surface area contributed by atoms with E-state index in [1.165, 1.54) is 12.1 Å². The fraction of sp³-hybridized carbons (Fsp3) is 0.286. The van der Waals surface area contributed by atoms with Crippen molar-refractivity contribution in [1.29, 1.82) is 0 Å². The van der Waals surface area contributed by atoms with Crippen LogP contribution in [0.25, 0.3) is 0 Å². The van der Waals surface area contributed by atoms with Gasteiger partial charge in [0.1, 0.15) is 5.82 Å². The van der Waals surface area contributed by atoms with Crippen molar-refractivity contribution in [2.75, 3.05) is 0 Å². The highest BCUT2D eigenvalue weighted by Crippen LogP contribution is 2.17. The molecule has 0 radical (unpaired) electrons. The van der Waals surface area contributed by atoms with E-state index in [1.807, 2.05) is 13.8 Å². The molecule has 2 rings (SSSR count). The van der Waals surface area contributed by atoms with Crippen LogP contribution in [-0.2, 0) is 17.8 Å². The minimum atomic E-state index is -0.394. The number of halogens is 2. The van der Waals surface area contributed by atoms with Gasteiger partial charge in [0.15, 0.2) is 0 Å². The molecule has 1 aromatic carbocycles. The van der Waals surface area contributed by atoms with Gasteiger partial charge in [0.2, 0.25) is 5.91 Å². The first-order chi connectivity index (χ1) is 9.47. The largest absolute Gasteiger partial charge is 0.352 e. The van der Waals surface area contributed by atoms with E-state index in [9.17, 15) is 9.18 Å².